The molecule has 3 nitrogen and oxygen atoms in total. The maximum Gasteiger partial charge on any atom is 0.123 e. The van der Waals surface area contributed by atoms with E-state index in [-0.39, 0.29) is 5.82 Å². The molecule has 2 aromatic carbocycles. The number of nitriles is 1. The molecular formula is C26H30FN3S. The fraction of sp³-hybridized carbons (Fsp3) is 0.346. The zero-order valence-electron chi connectivity index (χ0n) is 18.3. The molecule has 0 aliphatic carbocycles. The number of hydrogen-bond acceptors (Lipinski definition) is 4. The first kappa shape index (κ1) is 23.3. The van der Waals surface area contributed by atoms with Crippen molar-refractivity contribution in [1.29, 1.82) is 5.26 Å². The van der Waals surface area contributed by atoms with E-state index in [9.17, 15) is 9.65 Å². The second-order valence-corrected chi connectivity index (χ2v) is 8.57. The average molecular weight is 436 g/mol. The third kappa shape index (κ3) is 5.86. The van der Waals surface area contributed by atoms with Crippen molar-refractivity contribution in [2.45, 2.75) is 45.5 Å². The molecule has 0 atom stereocenters. The smallest absolute Gasteiger partial charge is 0.123 e. The Morgan fingerprint density at radius 2 is 2.00 bits per heavy atom. The van der Waals surface area contributed by atoms with Gasteiger partial charge in [0.25, 0.3) is 0 Å². The molecule has 2 N–H and O–H groups in total. The lowest BCUT2D eigenvalue weighted by atomic mass is 9.90. The van der Waals surface area contributed by atoms with E-state index in [1.807, 2.05) is 13.0 Å². The van der Waals surface area contributed by atoms with E-state index in [0.717, 1.165) is 58.4 Å². The van der Waals surface area contributed by atoms with Crippen LogP contribution in [0.15, 0.2) is 64.8 Å². The van der Waals surface area contributed by atoms with Crippen molar-refractivity contribution in [3.05, 3.63) is 92.8 Å². The Hall–Kier alpha value is -2.39. The van der Waals surface area contributed by atoms with Crippen molar-refractivity contribution >= 4 is 12.6 Å². The SMILES string of the molecule is CC1=C(/C(C#N)=C(\C)Cc2ccc(CN)c(CS)c2)CN(Cc2cccc(F)c2)CC1. The highest BCUT2D eigenvalue weighted by Gasteiger charge is 2.21. The molecule has 2 aromatic rings. The molecule has 0 radical (unpaired) electrons. The van der Waals surface area contributed by atoms with Gasteiger partial charge in [-0.25, -0.2) is 4.39 Å². The quantitative estimate of drug-likeness (QED) is 0.457. The van der Waals surface area contributed by atoms with Crippen LogP contribution in [0.2, 0.25) is 0 Å². The summed E-state index contributed by atoms with van der Waals surface area (Å²) in [7, 11) is 0. The van der Waals surface area contributed by atoms with Crippen molar-refractivity contribution < 1.29 is 4.39 Å². The van der Waals surface area contributed by atoms with Gasteiger partial charge in [0, 0.05) is 31.9 Å². The second-order valence-electron chi connectivity index (χ2n) is 8.26. The van der Waals surface area contributed by atoms with E-state index in [4.69, 9.17) is 5.73 Å². The summed E-state index contributed by atoms with van der Waals surface area (Å²) < 4.78 is 13.6. The van der Waals surface area contributed by atoms with Gasteiger partial charge in [-0.1, -0.05) is 41.5 Å². The van der Waals surface area contributed by atoms with Gasteiger partial charge in [-0.15, -0.1) is 0 Å². The van der Waals surface area contributed by atoms with Crippen molar-refractivity contribution in [3.63, 3.8) is 0 Å². The highest BCUT2D eigenvalue weighted by molar-refractivity contribution is 7.79. The molecule has 3 rings (SSSR count). The van der Waals surface area contributed by atoms with Gasteiger partial charge in [0.1, 0.15) is 5.82 Å². The molecule has 0 spiro atoms. The van der Waals surface area contributed by atoms with Crippen LogP contribution >= 0.6 is 12.6 Å². The van der Waals surface area contributed by atoms with E-state index >= 15 is 0 Å². The molecule has 1 heterocycles. The molecule has 0 aromatic heterocycles. The van der Waals surface area contributed by atoms with Gasteiger partial charge in [-0.2, -0.15) is 17.9 Å². The Kier molecular flexibility index (Phi) is 8.09. The lowest BCUT2D eigenvalue weighted by Crippen LogP contribution is -2.31. The molecule has 0 saturated heterocycles. The first-order valence-electron chi connectivity index (χ1n) is 10.6. The van der Waals surface area contributed by atoms with Crippen molar-refractivity contribution in [1.82, 2.24) is 4.90 Å². The van der Waals surface area contributed by atoms with E-state index in [2.05, 4.69) is 48.7 Å². The summed E-state index contributed by atoms with van der Waals surface area (Å²) in [6.45, 7) is 6.96. The summed E-state index contributed by atoms with van der Waals surface area (Å²) in [5, 5.41) is 10.0. The molecule has 1 aliphatic rings. The molecule has 1 aliphatic heterocycles. The molecule has 162 valence electrons. The van der Waals surface area contributed by atoms with Gasteiger partial charge in [0.2, 0.25) is 0 Å². The molecule has 0 saturated carbocycles. The highest BCUT2D eigenvalue weighted by atomic mass is 32.1. The molecule has 31 heavy (non-hydrogen) atoms. The number of halogens is 1. The summed E-state index contributed by atoms with van der Waals surface area (Å²) in [4.78, 5) is 2.29. The molecule has 0 unspecified atom stereocenters. The molecule has 0 fully saturated rings. The van der Waals surface area contributed by atoms with Gasteiger partial charge >= 0.3 is 0 Å². The fourth-order valence-corrected chi connectivity index (χ4v) is 4.48. The third-order valence-electron chi connectivity index (χ3n) is 5.97. The van der Waals surface area contributed by atoms with Crippen LogP contribution in [0.5, 0.6) is 0 Å². The van der Waals surface area contributed by atoms with Gasteiger partial charge in [0.05, 0.1) is 11.6 Å². The Bertz CT molecular complexity index is 1050. The molecular weight excluding hydrogens is 405 g/mol. The maximum atomic E-state index is 13.6. The zero-order valence-corrected chi connectivity index (χ0v) is 19.2. The van der Waals surface area contributed by atoms with Crippen LogP contribution in [0.1, 0.15) is 42.5 Å². The lowest BCUT2D eigenvalue weighted by molar-refractivity contribution is 0.278. The first-order chi connectivity index (χ1) is 14.9. The van der Waals surface area contributed by atoms with Crippen molar-refractivity contribution in [3.8, 4) is 6.07 Å². The summed E-state index contributed by atoms with van der Waals surface area (Å²) >= 11 is 4.43. The van der Waals surface area contributed by atoms with Crippen LogP contribution in [0.3, 0.4) is 0 Å². The van der Waals surface area contributed by atoms with Crippen LogP contribution in [0, 0.1) is 17.1 Å². The van der Waals surface area contributed by atoms with E-state index in [1.54, 1.807) is 12.1 Å². The summed E-state index contributed by atoms with van der Waals surface area (Å²) in [6.07, 6.45) is 1.63. The van der Waals surface area contributed by atoms with E-state index in [0.29, 0.717) is 25.4 Å². The number of hydrogen-bond donors (Lipinski definition) is 2. The number of allylic oxidation sites excluding steroid dienone is 1. The monoisotopic (exact) mass is 435 g/mol. The number of rotatable bonds is 7. The van der Waals surface area contributed by atoms with Crippen LogP contribution in [-0.4, -0.2) is 18.0 Å². The van der Waals surface area contributed by atoms with Gasteiger partial charge in [0.15, 0.2) is 0 Å². The van der Waals surface area contributed by atoms with Gasteiger partial charge in [-0.05, 0) is 66.6 Å². The summed E-state index contributed by atoms with van der Waals surface area (Å²) in [5.41, 5.74) is 14.4. The van der Waals surface area contributed by atoms with E-state index in [1.165, 1.54) is 11.6 Å². The standard InChI is InChI=1S/C26H30FN3S/c1-18-8-9-30(15-21-4-3-5-24(27)12-21)16-26(18)25(14-29)19(2)10-20-6-7-22(13-28)23(11-20)17-31/h3-7,11-12,31H,8-10,13,15-17,28H2,1-2H3/b25-19+. The minimum atomic E-state index is -0.212. The predicted molar refractivity (Wildman–Crippen MR) is 128 cm³/mol. The Morgan fingerprint density at radius 3 is 2.68 bits per heavy atom. The molecule has 5 heteroatoms. The summed E-state index contributed by atoms with van der Waals surface area (Å²) in [5.74, 6) is 0.434. The Balaban J connectivity index is 1.82. The highest BCUT2D eigenvalue weighted by Crippen LogP contribution is 2.28. The number of nitrogens with two attached hydrogens (primary N) is 1. The number of thiol groups is 1. The minimum absolute atomic E-state index is 0.212. The van der Waals surface area contributed by atoms with Crippen LogP contribution < -0.4 is 5.73 Å². The minimum Gasteiger partial charge on any atom is -0.326 e. The predicted octanol–water partition coefficient (Wildman–Crippen LogP) is 5.32. The molecule has 0 bridgehead atoms. The number of benzene rings is 2. The topological polar surface area (TPSA) is 53.1 Å². The third-order valence-corrected chi connectivity index (χ3v) is 6.31. The lowest BCUT2D eigenvalue weighted by Gasteiger charge is -2.30. The average Bonchev–Trinajstić information content (AvgIpc) is 2.76. The second kappa shape index (κ2) is 10.8. The van der Waals surface area contributed by atoms with Crippen LogP contribution in [0.4, 0.5) is 4.39 Å². The van der Waals surface area contributed by atoms with Crippen molar-refractivity contribution in [2.75, 3.05) is 13.1 Å². The first-order valence-corrected chi connectivity index (χ1v) is 11.3. The summed E-state index contributed by atoms with van der Waals surface area (Å²) in [6, 6.07) is 15.5. The fourth-order valence-electron chi connectivity index (χ4n) is 4.19. The van der Waals surface area contributed by atoms with Crippen molar-refractivity contribution in [2.24, 2.45) is 5.73 Å². The van der Waals surface area contributed by atoms with Crippen LogP contribution in [-0.2, 0) is 25.3 Å². The maximum absolute atomic E-state index is 13.6. The number of nitrogens with zero attached hydrogens (tertiary/aromatic N) is 2. The molecule has 0 amide bonds. The Morgan fingerprint density at radius 1 is 1.19 bits per heavy atom. The Labute approximate surface area is 190 Å². The van der Waals surface area contributed by atoms with Gasteiger partial charge < -0.3 is 5.73 Å². The van der Waals surface area contributed by atoms with E-state index < -0.39 is 0 Å². The van der Waals surface area contributed by atoms with Crippen LogP contribution in [0.25, 0.3) is 0 Å². The largest absolute Gasteiger partial charge is 0.326 e. The zero-order chi connectivity index (χ0) is 22.4. The van der Waals surface area contributed by atoms with Gasteiger partial charge in [-0.3, -0.25) is 4.90 Å². The normalized spacial score (nSPS) is 15.6.